The molecule has 10 rings (SSSR count). The first-order chi connectivity index (χ1) is 42.0. The van der Waals surface area contributed by atoms with Gasteiger partial charge in [-0.3, -0.25) is 0 Å². The Bertz CT molecular complexity index is 3070. The average Bonchev–Trinajstić information content (AvgIpc) is 1.70. The number of urea groups is 1. The number of carbonyl (C=O) groups is 1. The van der Waals surface area contributed by atoms with E-state index in [1.165, 1.54) is 44.9 Å². The zero-order valence-electron chi connectivity index (χ0n) is 54.5. The maximum atomic E-state index is 12.7. The SMILES string of the molecule is CC[C@H]1[C@@H](O)[C@@H]2[C@H](CC[C@]3(C)[C@@H]([C@H](C)CN=C=O)CC[C@@H]23)[C@@]2(C)CC[C@@H](C)C[C@@H]12.CC[C@H]1[C@@H](O)[C@@H]2[C@H](CC[C@]3(C)[C@@H]([C@H](C)CNC(=O)NS(=O)(=O)c4cccc(OC(F)(F)F)c4)CC[C@@H]23)[C@@]2(C)CC[C@@H](O)C[C@@H]12.NS(=O)(=O)c1cccc(OC(F)(F)F)c1.[2H][B].[U]. The number of nitrogens with two attached hydrogens (primary N) is 1. The van der Waals surface area contributed by atoms with Gasteiger partial charge in [-0.05, 0) is 220 Å². The van der Waals surface area contributed by atoms with Gasteiger partial charge in [-0.2, -0.15) is 0 Å². The van der Waals surface area contributed by atoms with E-state index >= 15 is 0 Å². The van der Waals surface area contributed by atoms with Crippen molar-refractivity contribution in [1.29, 1.82) is 1.34 Å². The molecule has 8 fully saturated rings. The van der Waals surface area contributed by atoms with Gasteiger partial charge < -0.3 is 30.1 Å². The van der Waals surface area contributed by atoms with E-state index in [1.54, 1.807) is 6.08 Å². The molecule has 0 unspecified atom stereocenters. The van der Waals surface area contributed by atoms with Crippen LogP contribution in [-0.2, 0) is 24.8 Å². The summed E-state index contributed by atoms with van der Waals surface area (Å²) in [5.74, 6) is 5.28. The van der Waals surface area contributed by atoms with Crippen LogP contribution in [0.4, 0.5) is 31.1 Å². The van der Waals surface area contributed by atoms with E-state index in [4.69, 9.17) is 6.47 Å². The smallest absolute Gasteiger partial charge is 0.406 e. The van der Waals surface area contributed by atoms with Gasteiger partial charge in [-0.1, -0.05) is 93.7 Å². The van der Waals surface area contributed by atoms with Gasteiger partial charge in [0, 0.05) is 58.2 Å². The van der Waals surface area contributed by atoms with Crippen molar-refractivity contribution in [2.24, 2.45) is 121 Å². The minimum atomic E-state index is -4.98. The van der Waals surface area contributed by atoms with Gasteiger partial charge in [0.15, 0.2) is 0 Å². The molecule has 0 spiro atoms. The molecule has 8 saturated carbocycles. The van der Waals surface area contributed by atoms with Crippen molar-refractivity contribution in [3.8, 4) is 11.5 Å². The van der Waals surface area contributed by atoms with Crippen LogP contribution in [0.3, 0.4) is 0 Å². The quantitative estimate of drug-likeness (QED) is 0.0477. The van der Waals surface area contributed by atoms with Crippen molar-refractivity contribution < 1.29 is 109 Å². The summed E-state index contributed by atoms with van der Waals surface area (Å²) < 4.78 is 134. The van der Waals surface area contributed by atoms with E-state index in [-0.39, 0.29) is 84.4 Å². The normalized spacial score (nSPS) is 38.4. The maximum absolute atomic E-state index is 12.7. The minimum absolute atomic E-state index is 0. The number of hydrogen-bond donors (Lipinski definition) is 6. The van der Waals surface area contributed by atoms with Crippen LogP contribution in [0.1, 0.15) is 165 Å². The summed E-state index contributed by atoms with van der Waals surface area (Å²) in [6.45, 7) is 21.9. The summed E-state index contributed by atoms with van der Waals surface area (Å²) in [5, 5.41) is 41.5. The summed E-state index contributed by atoms with van der Waals surface area (Å²) in [7, 11) is -4.71. The Morgan fingerprint density at radius 1 is 0.689 bits per heavy atom. The molecule has 0 bridgehead atoms. The topological polar surface area (TPSA) is 244 Å². The number of aliphatic imine (C=N–C) groups is 1. The number of halogens is 6. The van der Waals surface area contributed by atoms with E-state index in [2.05, 4.69) is 90.5 Å². The molecule has 2 radical (unpaired) electrons. The molecule has 90 heavy (non-hydrogen) atoms. The number of primary sulfonamides is 1. The molecule has 8 aliphatic rings. The molecule has 504 valence electrons. The second-order valence-corrected chi connectivity index (χ2v) is 32.2. The van der Waals surface area contributed by atoms with Gasteiger partial charge in [0.1, 0.15) is 11.5 Å². The third-order valence-electron chi connectivity index (χ3n) is 24.6. The Hall–Kier alpha value is -2.87. The second-order valence-electron chi connectivity index (χ2n) is 29.0. The number of isocyanates is 1. The molecule has 2 aromatic rings. The number of hydrogen-bond acceptors (Lipinski definition) is 12. The van der Waals surface area contributed by atoms with E-state index in [0.29, 0.717) is 88.7 Å². The first-order valence-electron chi connectivity index (χ1n) is 32.7. The second kappa shape index (κ2) is 29.2. The molecule has 0 aliphatic heterocycles. The number of rotatable bonds is 13. The number of aliphatic hydroxyl groups excluding tert-OH is 3. The summed E-state index contributed by atoms with van der Waals surface area (Å²) in [5.41, 5.74) is 0.798. The predicted octanol–water partition coefficient (Wildman–Crippen LogP) is 12.3. The summed E-state index contributed by atoms with van der Waals surface area (Å²) in [6, 6.07) is 6.76. The molecular formula is C65H97BF6N4O11S2U. The third kappa shape index (κ3) is 15.8. The van der Waals surface area contributed by atoms with E-state index in [0.717, 1.165) is 100 Å². The summed E-state index contributed by atoms with van der Waals surface area (Å²) >= 11 is 0. The van der Waals surface area contributed by atoms with Crippen LogP contribution in [-0.4, -0.2) is 98.1 Å². The van der Waals surface area contributed by atoms with Crippen LogP contribution in [0.5, 0.6) is 11.5 Å². The molecule has 22 atom stereocenters. The van der Waals surface area contributed by atoms with Crippen molar-refractivity contribution in [1.82, 2.24) is 10.0 Å². The van der Waals surface area contributed by atoms with Crippen molar-refractivity contribution in [3.05, 3.63) is 48.5 Å². The van der Waals surface area contributed by atoms with Gasteiger partial charge in [0.25, 0.3) is 10.0 Å². The largest absolute Gasteiger partial charge is 0.573 e. The van der Waals surface area contributed by atoms with E-state index in [1.807, 2.05) is 4.72 Å². The molecule has 25 heteroatoms. The van der Waals surface area contributed by atoms with Crippen molar-refractivity contribution >= 4 is 40.5 Å². The first kappa shape index (κ1) is 74.5. The number of sulfonamides is 2. The van der Waals surface area contributed by atoms with Gasteiger partial charge in [0.05, 0.1) is 34.6 Å². The monoisotopic (exact) mass is 1540 g/mol. The molecule has 0 heterocycles. The molecule has 15 nitrogen and oxygen atoms in total. The molecular weight excluding hydrogens is 1440 g/mol. The standard InChI is InChI=1S/C32H47F3N2O6S.C26H43NO2.C7H6F3NO3S.BH.U/c1-5-22-26-15-19(38)11-13-31(26,4)25-12-14-30(3)23(9-10-24(30)27(25)28(22)39)18(2)17-36-29(40)37-44(41,42)21-8-6-7-20(16-21)43-32(33,34)35;1-6-18-22-13-16(2)9-11-26(22,5)21-10-12-25(4)19(17(3)14-27-15-28)7-8-20(25)23(21)24(18)29;8-7(9,10)14-5-2-1-3-6(4-5)15(11,12)13;;/h6-8,16,18-19,22-28,38-39H,5,9-15,17H2,1-4H3,(H2,36,37,40);16-24,29H,6-14H2,1-5H3;1-4H,(H2,11,12,13);1H;/t18-,19-,22-,23-,24+,25+,26+,27+,28-,30-,31-;16-,17-,18-,19-,20+,21+,22+,23+,24-,25-,26-;;;/m11.../s1/i;;;1D;. The molecule has 0 saturated heterocycles. The van der Waals surface area contributed by atoms with Crippen LogP contribution in [0, 0.1) is 142 Å². The number of fused-ring (bicyclic) bond motifs is 10. The number of carbonyl (C=O) groups excluding carboxylic acids is 2. The fraction of sp³-hybridized carbons (Fsp3) is 0.785. The fourth-order valence-electron chi connectivity index (χ4n) is 20.7. The van der Waals surface area contributed by atoms with Gasteiger partial charge in [-0.25, -0.2) is 41.3 Å². The fourth-order valence-corrected chi connectivity index (χ4v) is 22.2. The van der Waals surface area contributed by atoms with Gasteiger partial charge >= 0.3 is 18.8 Å². The number of ether oxygens (including phenoxy) is 2. The molecule has 2 amide bonds. The number of nitrogens with zero attached hydrogens (tertiary/aromatic N) is 1. The van der Waals surface area contributed by atoms with Crippen LogP contribution >= 0.6 is 0 Å². The zero-order valence-corrected chi connectivity index (χ0v) is 59.3. The van der Waals surface area contributed by atoms with Crippen molar-refractivity contribution in [3.63, 3.8) is 0 Å². The Balaban J connectivity index is 0.000000239. The minimum Gasteiger partial charge on any atom is -0.406 e. The van der Waals surface area contributed by atoms with Crippen LogP contribution in [0.2, 0.25) is 0 Å². The maximum Gasteiger partial charge on any atom is 0.573 e. The van der Waals surface area contributed by atoms with Crippen LogP contribution < -0.4 is 24.7 Å². The number of alkyl halides is 6. The summed E-state index contributed by atoms with van der Waals surface area (Å²) in [4.78, 5) is 26.3. The molecule has 2 aromatic carbocycles. The molecule has 0 aromatic heterocycles. The Morgan fingerprint density at radius 3 is 1.59 bits per heavy atom. The molecule has 7 N–H and O–H groups in total. The average molecular weight is 1540 g/mol. The summed E-state index contributed by atoms with van der Waals surface area (Å²) in [6.07, 6.45) is 8.82. The zero-order chi connectivity index (χ0) is 66.9. The number of amides is 2. The number of benzene rings is 2. The predicted molar refractivity (Wildman–Crippen MR) is 327 cm³/mol. The Kier molecular flexibility index (Phi) is 24.2. The van der Waals surface area contributed by atoms with Crippen LogP contribution in [0.25, 0.3) is 0 Å². The van der Waals surface area contributed by atoms with Crippen molar-refractivity contribution in [2.75, 3.05) is 13.1 Å². The first-order valence-corrected chi connectivity index (χ1v) is 35.1. The third-order valence-corrected chi connectivity index (χ3v) is 26.8. The van der Waals surface area contributed by atoms with Crippen molar-refractivity contribution in [2.45, 2.75) is 206 Å². The number of aliphatic hydroxyl groups is 3. The Morgan fingerprint density at radius 2 is 1.12 bits per heavy atom. The molecule has 8 aliphatic carbocycles. The Labute approximate surface area is 556 Å². The number of nitrogens with one attached hydrogen (secondary N) is 2. The van der Waals surface area contributed by atoms with E-state index in [9.17, 15) is 68.1 Å². The van der Waals surface area contributed by atoms with Crippen LogP contribution in [0.15, 0.2) is 63.3 Å². The van der Waals surface area contributed by atoms with Gasteiger partial charge in [0.2, 0.25) is 16.1 Å². The van der Waals surface area contributed by atoms with Gasteiger partial charge in [-0.15, -0.1) is 26.3 Å². The van der Waals surface area contributed by atoms with E-state index < -0.39 is 66.2 Å².